The molecule has 1 saturated carbocycles. The Hall–Kier alpha value is -2.22. The van der Waals surface area contributed by atoms with Crippen molar-refractivity contribution in [2.24, 2.45) is 0 Å². The van der Waals surface area contributed by atoms with Gasteiger partial charge in [-0.2, -0.15) is 0 Å². The monoisotopic (exact) mass is 339 g/mol. The zero-order valence-corrected chi connectivity index (χ0v) is 13.3. The van der Waals surface area contributed by atoms with Crippen molar-refractivity contribution in [1.82, 2.24) is 5.16 Å². The average molecular weight is 339 g/mol. The summed E-state index contributed by atoms with van der Waals surface area (Å²) in [6.07, 6.45) is 3.94. The molecule has 0 unspecified atom stereocenters. The summed E-state index contributed by atoms with van der Waals surface area (Å²) in [5, 5.41) is 3.63. The van der Waals surface area contributed by atoms with Gasteiger partial charge in [0.15, 0.2) is 32.9 Å². The Labute approximate surface area is 132 Å². The quantitative estimate of drug-likeness (QED) is 0.777. The zero-order valence-electron chi connectivity index (χ0n) is 12.5. The molecule has 1 heterocycles. The lowest BCUT2D eigenvalue weighted by atomic mass is 10.0. The Morgan fingerprint density at radius 3 is 2.61 bits per heavy atom. The molecule has 2 aromatic rings. The first kappa shape index (κ1) is 15.7. The largest absolute Gasteiger partial charge is 0.492 e. The highest BCUT2D eigenvalue weighted by molar-refractivity contribution is 7.90. The Balaban J connectivity index is 2.19. The predicted molar refractivity (Wildman–Crippen MR) is 78.0 cm³/mol. The normalized spacial score (nSPS) is 14.7. The lowest BCUT2D eigenvalue weighted by Gasteiger charge is -2.12. The highest BCUT2D eigenvalue weighted by atomic mass is 32.2. The SMILES string of the molecule is COc1c(F)ccc(C(=O)c2cnoc2C2CC2)c1S(C)(=O)=O. The van der Waals surface area contributed by atoms with Crippen molar-refractivity contribution in [3.8, 4) is 5.75 Å². The van der Waals surface area contributed by atoms with E-state index in [0.29, 0.717) is 5.76 Å². The molecule has 23 heavy (non-hydrogen) atoms. The van der Waals surface area contributed by atoms with Gasteiger partial charge in [0.05, 0.1) is 18.9 Å². The second-order valence-electron chi connectivity index (χ2n) is 5.44. The van der Waals surface area contributed by atoms with Gasteiger partial charge in [0.25, 0.3) is 0 Å². The third-order valence-electron chi connectivity index (χ3n) is 3.67. The molecule has 0 N–H and O–H groups in total. The van der Waals surface area contributed by atoms with Crippen molar-refractivity contribution < 1.29 is 26.9 Å². The van der Waals surface area contributed by atoms with Crippen LogP contribution in [0.4, 0.5) is 4.39 Å². The number of ketones is 1. The first-order chi connectivity index (χ1) is 10.8. The maximum absolute atomic E-state index is 13.9. The Morgan fingerprint density at radius 2 is 2.04 bits per heavy atom. The minimum Gasteiger partial charge on any atom is -0.492 e. The third-order valence-corrected chi connectivity index (χ3v) is 4.82. The summed E-state index contributed by atoms with van der Waals surface area (Å²) >= 11 is 0. The molecular weight excluding hydrogens is 325 g/mol. The van der Waals surface area contributed by atoms with E-state index < -0.39 is 32.1 Å². The summed E-state index contributed by atoms with van der Waals surface area (Å²) in [6.45, 7) is 0. The van der Waals surface area contributed by atoms with E-state index in [1.54, 1.807) is 0 Å². The van der Waals surface area contributed by atoms with Crippen LogP contribution in [0.5, 0.6) is 5.75 Å². The molecule has 8 heteroatoms. The average Bonchev–Trinajstić information content (AvgIpc) is 3.22. The number of methoxy groups -OCH3 is 1. The van der Waals surface area contributed by atoms with E-state index >= 15 is 0 Å². The lowest BCUT2D eigenvalue weighted by Crippen LogP contribution is -2.12. The fourth-order valence-electron chi connectivity index (χ4n) is 2.48. The zero-order chi connectivity index (χ0) is 16.8. The van der Waals surface area contributed by atoms with Crippen LogP contribution in [0.3, 0.4) is 0 Å². The van der Waals surface area contributed by atoms with Gasteiger partial charge < -0.3 is 9.26 Å². The Bertz CT molecular complexity index is 883. The van der Waals surface area contributed by atoms with Crippen molar-refractivity contribution in [3.63, 3.8) is 0 Å². The van der Waals surface area contributed by atoms with E-state index in [1.165, 1.54) is 6.20 Å². The first-order valence-electron chi connectivity index (χ1n) is 6.90. The van der Waals surface area contributed by atoms with Crippen molar-refractivity contribution in [2.75, 3.05) is 13.4 Å². The molecule has 1 aliphatic rings. The minimum atomic E-state index is -3.89. The highest BCUT2D eigenvalue weighted by Crippen LogP contribution is 2.42. The van der Waals surface area contributed by atoms with E-state index in [2.05, 4.69) is 5.16 Å². The van der Waals surface area contributed by atoms with Gasteiger partial charge in [-0.15, -0.1) is 0 Å². The van der Waals surface area contributed by atoms with Crippen LogP contribution < -0.4 is 4.74 Å². The van der Waals surface area contributed by atoms with Crippen LogP contribution >= 0.6 is 0 Å². The van der Waals surface area contributed by atoms with E-state index in [1.807, 2.05) is 0 Å². The number of rotatable bonds is 5. The first-order valence-corrected chi connectivity index (χ1v) is 8.79. The fraction of sp³-hybridized carbons (Fsp3) is 0.333. The lowest BCUT2D eigenvalue weighted by molar-refractivity contribution is 0.103. The van der Waals surface area contributed by atoms with Gasteiger partial charge in [-0.1, -0.05) is 5.16 Å². The molecule has 1 aromatic heterocycles. The molecule has 1 aliphatic carbocycles. The van der Waals surface area contributed by atoms with Gasteiger partial charge in [-0.05, 0) is 25.0 Å². The summed E-state index contributed by atoms with van der Waals surface area (Å²) in [7, 11) is -2.74. The van der Waals surface area contributed by atoms with E-state index in [-0.39, 0.29) is 17.0 Å². The number of carbonyl (C=O) groups excluding carboxylic acids is 1. The molecule has 0 bridgehead atoms. The number of sulfone groups is 1. The molecule has 122 valence electrons. The van der Waals surface area contributed by atoms with Gasteiger partial charge >= 0.3 is 0 Å². The minimum absolute atomic E-state index is 0.125. The number of ether oxygens (including phenoxy) is 1. The van der Waals surface area contributed by atoms with Crippen LogP contribution in [0.25, 0.3) is 0 Å². The molecule has 6 nitrogen and oxygen atoms in total. The molecule has 0 amide bonds. The number of hydrogen-bond donors (Lipinski definition) is 0. The van der Waals surface area contributed by atoms with E-state index in [4.69, 9.17) is 9.26 Å². The van der Waals surface area contributed by atoms with Gasteiger partial charge in [0, 0.05) is 17.7 Å². The van der Waals surface area contributed by atoms with Crippen LogP contribution in [-0.2, 0) is 9.84 Å². The summed E-state index contributed by atoms with van der Waals surface area (Å²) in [5.74, 6) is -1.33. The fourth-order valence-corrected chi connectivity index (χ4v) is 3.56. The van der Waals surface area contributed by atoms with Crippen molar-refractivity contribution in [1.29, 1.82) is 0 Å². The van der Waals surface area contributed by atoms with Crippen LogP contribution in [-0.4, -0.2) is 32.7 Å². The van der Waals surface area contributed by atoms with E-state index in [0.717, 1.165) is 38.3 Å². The summed E-state index contributed by atoms with van der Waals surface area (Å²) < 4.78 is 47.9. The van der Waals surface area contributed by atoms with Gasteiger partial charge in [-0.3, -0.25) is 4.79 Å². The molecular formula is C15H14FNO5S. The van der Waals surface area contributed by atoms with Crippen molar-refractivity contribution >= 4 is 15.6 Å². The van der Waals surface area contributed by atoms with Crippen LogP contribution in [0.1, 0.15) is 40.4 Å². The molecule has 1 fully saturated rings. The summed E-state index contributed by atoms with van der Waals surface area (Å²) in [4.78, 5) is 12.3. The number of benzene rings is 1. The topological polar surface area (TPSA) is 86.5 Å². The molecule has 3 rings (SSSR count). The van der Waals surface area contributed by atoms with Gasteiger partial charge in [0.2, 0.25) is 0 Å². The Kier molecular flexibility index (Phi) is 3.71. The molecule has 0 spiro atoms. The maximum Gasteiger partial charge on any atom is 0.199 e. The smallest absolute Gasteiger partial charge is 0.199 e. The van der Waals surface area contributed by atoms with Crippen molar-refractivity contribution in [3.05, 3.63) is 41.0 Å². The number of halogens is 1. The third kappa shape index (κ3) is 2.74. The standard InChI is InChI=1S/C15H14FNO5S/c1-21-14-11(16)6-5-9(15(14)23(2,19)20)12(18)10-7-17-22-13(10)8-3-4-8/h5-8H,3-4H2,1-2H3. The molecule has 0 radical (unpaired) electrons. The molecule has 0 atom stereocenters. The number of aromatic nitrogens is 1. The van der Waals surface area contributed by atoms with Gasteiger partial charge in [0.1, 0.15) is 4.90 Å². The molecule has 0 aliphatic heterocycles. The Morgan fingerprint density at radius 1 is 1.35 bits per heavy atom. The predicted octanol–water partition coefficient (Wildman–Crippen LogP) is 2.33. The van der Waals surface area contributed by atoms with Gasteiger partial charge in [-0.25, -0.2) is 12.8 Å². The van der Waals surface area contributed by atoms with Crippen molar-refractivity contribution in [2.45, 2.75) is 23.7 Å². The molecule has 1 aromatic carbocycles. The van der Waals surface area contributed by atoms with E-state index in [9.17, 15) is 17.6 Å². The van der Waals surface area contributed by atoms with Crippen LogP contribution in [0, 0.1) is 5.82 Å². The number of hydrogen-bond acceptors (Lipinski definition) is 6. The highest BCUT2D eigenvalue weighted by Gasteiger charge is 2.35. The second kappa shape index (κ2) is 5.45. The van der Waals surface area contributed by atoms with Crippen LogP contribution in [0.15, 0.2) is 27.7 Å². The summed E-state index contributed by atoms with van der Waals surface area (Å²) in [5.41, 5.74) is 0.0434. The summed E-state index contributed by atoms with van der Waals surface area (Å²) in [6, 6.07) is 2.14. The maximum atomic E-state index is 13.9. The number of nitrogens with zero attached hydrogens (tertiary/aromatic N) is 1. The van der Waals surface area contributed by atoms with Crippen LogP contribution in [0.2, 0.25) is 0 Å². The number of carbonyl (C=O) groups is 1. The molecule has 0 saturated heterocycles. The second-order valence-corrected chi connectivity index (χ2v) is 7.39.